The van der Waals surface area contributed by atoms with Crippen LogP contribution in [-0.2, 0) is 16.0 Å². The van der Waals surface area contributed by atoms with Crippen molar-refractivity contribution >= 4 is 29.6 Å². The zero-order valence-corrected chi connectivity index (χ0v) is 15.7. The normalized spacial score (nSPS) is 11.3. The minimum atomic E-state index is -0.894. The van der Waals surface area contributed by atoms with Crippen molar-refractivity contribution in [3.05, 3.63) is 65.7 Å². The van der Waals surface area contributed by atoms with Crippen LogP contribution in [0.25, 0.3) is 0 Å². The molecule has 1 unspecified atom stereocenters. The van der Waals surface area contributed by atoms with E-state index in [0.717, 1.165) is 16.0 Å². The summed E-state index contributed by atoms with van der Waals surface area (Å²) < 4.78 is 0. The predicted octanol–water partition coefficient (Wildman–Crippen LogP) is 1.51. The molecule has 2 aromatic carbocycles. The number of rotatable bonds is 7. The van der Waals surface area contributed by atoms with Crippen LogP contribution in [0.4, 0.5) is 4.79 Å². The van der Waals surface area contributed by atoms with Crippen molar-refractivity contribution in [3.8, 4) is 0 Å². The molecular formula is C19H22N4O3S. The lowest BCUT2D eigenvalue weighted by atomic mass is 10.1. The summed E-state index contributed by atoms with van der Waals surface area (Å²) in [5.41, 5.74) is 11.8. The molecule has 2 aromatic rings. The van der Waals surface area contributed by atoms with E-state index in [2.05, 4.69) is 16.2 Å². The molecule has 0 bridgehead atoms. The monoisotopic (exact) mass is 386 g/mol. The Morgan fingerprint density at radius 3 is 2.30 bits per heavy atom. The van der Waals surface area contributed by atoms with Gasteiger partial charge in [0.15, 0.2) is 0 Å². The van der Waals surface area contributed by atoms with Gasteiger partial charge in [-0.3, -0.25) is 20.4 Å². The third-order valence-electron chi connectivity index (χ3n) is 3.63. The lowest BCUT2D eigenvalue weighted by Gasteiger charge is -2.17. The van der Waals surface area contributed by atoms with Gasteiger partial charge in [0.05, 0.1) is 5.75 Å². The summed E-state index contributed by atoms with van der Waals surface area (Å²) in [4.78, 5) is 36.4. The lowest BCUT2D eigenvalue weighted by Crippen LogP contribution is -2.54. The van der Waals surface area contributed by atoms with E-state index in [9.17, 15) is 14.4 Å². The number of thioether (sulfide) groups is 1. The Labute approximate surface area is 162 Å². The molecule has 8 heteroatoms. The van der Waals surface area contributed by atoms with Crippen LogP contribution in [0.1, 0.15) is 11.1 Å². The van der Waals surface area contributed by atoms with Crippen LogP contribution in [0.5, 0.6) is 0 Å². The molecule has 4 amide bonds. The number of carbonyl (C=O) groups is 3. The molecule has 142 valence electrons. The standard InChI is InChI=1S/C19H22N4O3S/c1-13-7-9-15(10-8-13)27-12-17(24)22-23-18(25)16(21-19(20)26)11-14-5-3-2-4-6-14/h2-10,16H,11-12H2,1H3,(H,22,24)(H,23,25)(H3,20,21,26). The third kappa shape index (κ3) is 7.41. The van der Waals surface area contributed by atoms with Crippen molar-refractivity contribution in [3.63, 3.8) is 0 Å². The summed E-state index contributed by atoms with van der Waals surface area (Å²) in [6.45, 7) is 1.99. The van der Waals surface area contributed by atoms with Crippen molar-refractivity contribution in [1.29, 1.82) is 0 Å². The van der Waals surface area contributed by atoms with E-state index < -0.39 is 18.0 Å². The quantitative estimate of drug-likeness (QED) is 0.427. The van der Waals surface area contributed by atoms with Gasteiger partial charge in [-0.25, -0.2) is 4.79 Å². The predicted molar refractivity (Wildman–Crippen MR) is 105 cm³/mol. The van der Waals surface area contributed by atoms with Crippen LogP contribution in [0, 0.1) is 6.92 Å². The molecule has 0 spiro atoms. The van der Waals surface area contributed by atoms with Gasteiger partial charge >= 0.3 is 6.03 Å². The summed E-state index contributed by atoms with van der Waals surface area (Å²) in [7, 11) is 0. The molecule has 0 saturated carbocycles. The zero-order chi connectivity index (χ0) is 19.6. The van der Waals surface area contributed by atoms with Gasteiger partial charge in [0, 0.05) is 11.3 Å². The number of nitrogens with two attached hydrogens (primary N) is 1. The Bertz CT molecular complexity index is 781. The van der Waals surface area contributed by atoms with Gasteiger partial charge in [-0.05, 0) is 24.6 Å². The highest BCUT2D eigenvalue weighted by molar-refractivity contribution is 8.00. The fraction of sp³-hybridized carbons (Fsp3) is 0.211. The molecule has 0 aromatic heterocycles. The maximum Gasteiger partial charge on any atom is 0.312 e. The number of amides is 4. The maximum absolute atomic E-state index is 12.3. The number of hydrogen-bond acceptors (Lipinski definition) is 4. The van der Waals surface area contributed by atoms with E-state index in [-0.39, 0.29) is 18.1 Å². The number of nitrogens with one attached hydrogen (secondary N) is 3. The fourth-order valence-corrected chi connectivity index (χ4v) is 2.97. The first kappa shape index (κ1) is 20.3. The minimum Gasteiger partial charge on any atom is -0.352 e. The van der Waals surface area contributed by atoms with Gasteiger partial charge in [0.25, 0.3) is 5.91 Å². The number of hydrogen-bond donors (Lipinski definition) is 4. The molecule has 0 fully saturated rings. The van der Waals surface area contributed by atoms with Gasteiger partial charge in [0.1, 0.15) is 6.04 Å². The van der Waals surface area contributed by atoms with Crippen molar-refractivity contribution in [2.24, 2.45) is 5.73 Å². The number of hydrazine groups is 1. The number of benzene rings is 2. The Morgan fingerprint density at radius 2 is 1.67 bits per heavy atom. The van der Waals surface area contributed by atoms with Crippen LogP contribution < -0.4 is 21.9 Å². The van der Waals surface area contributed by atoms with Crippen molar-refractivity contribution in [1.82, 2.24) is 16.2 Å². The van der Waals surface area contributed by atoms with Gasteiger partial charge in [-0.2, -0.15) is 0 Å². The second-order valence-corrected chi connectivity index (χ2v) is 6.94. The maximum atomic E-state index is 12.3. The zero-order valence-electron chi connectivity index (χ0n) is 14.9. The fourth-order valence-electron chi connectivity index (χ4n) is 2.27. The second kappa shape index (κ2) is 10.2. The molecule has 1 atom stereocenters. The van der Waals surface area contributed by atoms with Crippen LogP contribution in [0.3, 0.4) is 0 Å². The van der Waals surface area contributed by atoms with Gasteiger partial charge in [-0.15, -0.1) is 11.8 Å². The van der Waals surface area contributed by atoms with Crippen molar-refractivity contribution in [2.75, 3.05) is 5.75 Å². The van der Waals surface area contributed by atoms with E-state index in [1.54, 1.807) is 0 Å². The molecule has 0 aliphatic carbocycles. The summed E-state index contributed by atoms with van der Waals surface area (Å²) in [6, 6.07) is 15.3. The average Bonchev–Trinajstić information content (AvgIpc) is 2.65. The first-order valence-electron chi connectivity index (χ1n) is 8.32. The Kier molecular flexibility index (Phi) is 7.69. The van der Waals surface area contributed by atoms with Crippen molar-refractivity contribution in [2.45, 2.75) is 24.3 Å². The summed E-state index contributed by atoms with van der Waals surface area (Å²) >= 11 is 1.36. The molecule has 2 rings (SSSR count). The minimum absolute atomic E-state index is 0.149. The molecule has 0 heterocycles. The number of urea groups is 1. The molecule has 0 radical (unpaired) electrons. The number of primary amides is 1. The van der Waals surface area contributed by atoms with E-state index in [0.29, 0.717) is 0 Å². The number of aryl methyl sites for hydroxylation is 1. The van der Waals surface area contributed by atoms with Gasteiger partial charge < -0.3 is 11.1 Å². The SMILES string of the molecule is Cc1ccc(SCC(=O)NNC(=O)C(Cc2ccccc2)NC(N)=O)cc1. The van der Waals surface area contributed by atoms with Crippen LogP contribution in [0.2, 0.25) is 0 Å². The topological polar surface area (TPSA) is 113 Å². The van der Waals surface area contributed by atoms with E-state index >= 15 is 0 Å². The molecule has 0 aliphatic rings. The molecule has 7 nitrogen and oxygen atoms in total. The Balaban J connectivity index is 1.83. The molecule has 27 heavy (non-hydrogen) atoms. The van der Waals surface area contributed by atoms with Gasteiger partial charge in [-0.1, -0.05) is 48.0 Å². The highest BCUT2D eigenvalue weighted by Crippen LogP contribution is 2.17. The van der Waals surface area contributed by atoms with Crippen molar-refractivity contribution < 1.29 is 14.4 Å². The molecule has 0 saturated heterocycles. The van der Waals surface area contributed by atoms with E-state index in [4.69, 9.17) is 5.73 Å². The summed E-state index contributed by atoms with van der Waals surface area (Å²) in [6.07, 6.45) is 0.254. The van der Waals surface area contributed by atoms with Crippen LogP contribution in [0.15, 0.2) is 59.5 Å². The lowest BCUT2D eigenvalue weighted by molar-refractivity contribution is -0.128. The highest BCUT2D eigenvalue weighted by Gasteiger charge is 2.20. The highest BCUT2D eigenvalue weighted by atomic mass is 32.2. The summed E-state index contributed by atoms with van der Waals surface area (Å²) in [5.74, 6) is -0.756. The largest absolute Gasteiger partial charge is 0.352 e. The first-order chi connectivity index (χ1) is 12.9. The van der Waals surface area contributed by atoms with E-state index in [1.165, 1.54) is 11.8 Å². The van der Waals surface area contributed by atoms with Crippen LogP contribution in [-0.4, -0.2) is 29.6 Å². The van der Waals surface area contributed by atoms with E-state index in [1.807, 2.05) is 61.5 Å². The molecule has 0 aliphatic heterocycles. The third-order valence-corrected chi connectivity index (χ3v) is 4.64. The molecular weight excluding hydrogens is 364 g/mol. The second-order valence-electron chi connectivity index (χ2n) is 5.89. The number of carbonyl (C=O) groups excluding carboxylic acids is 3. The smallest absolute Gasteiger partial charge is 0.312 e. The Morgan fingerprint density at radius 1 is 1.00 bits per heavy atom. The summed E-state index contributed by atoms with van der Waals surface area (Å²) in [5, 5.41) is 2.39. The van der Waals surface area contributed by atoms with Crippen LogP contribution >= 0.6 is 11.8 Å². The molecule has 5 N–H and O–H groups in total. The van der Waals surface area contributed by atoms with Gasteiger partial charge in [0.2, 0.25) is 5.91 Å². The first-order valence-corrected chi connectivity index (χ1v) is 9.30. The average molecular weight is 386 g/mol. The Hall–Kier alpha value is -3.00.